The summed E-state index contributed by atoms with van der Waals surface area (Å²) in [6.07, 6.45) is -4.74. The minimum absolute atomic E-state index is 0.144. The van der Waals surface area contributed by atoms with Crippen molar-refractivity contribution >= 4 is 5.97 Å². The number of hydrogen-bond donors (Lipinski definition) is 1. The number of rotatable bonds is 5. The van der Waals surface area contributed by atoms with Crippen molar-refractivity contribution in [3.05, 3.63) is 59.2 Å². The van der Waals surface area contributed by atoms with Crippen LogP contribution in [0, 0.1) is 5.41 Å². The van der Waals surface area contributed by atoms with E-state index in [9.17, 15) is 23.1 Å². The van der Waals surface area contributed by atoms with E-state index in [2.05, 4.69) is 0 Å². The topological polar surface area (TPSA) is 46.5 Å². The van der Waals surface area contributed by atoms with Gasteiger partial charge in [0.2, 0.25) is 0 Å². The Balaban J connectivity index is 2.56. The number of carbonyl (C=O) groups is 1. The number of carbonyl (C=O) groups excluding carboxylic acids is 1. The van der Waals surface area contributed by atoms with Crippen LogP contribution in [0.5, 0.6) is 0 Å². The Labute approximate surface area is 169 Å². The van der Waals surface area contributed by atoms with E-state index < -0.39 is 29.7 Å². The van der Waals surface area contributed by atoms with Crippen molar-refractivity contribution in [2.75, 3.05) is 7.11 Å². The average molecular weight is 408 g/mol. The second-order valence-corrected chi connectivity index (χ2v) is 8.45. The zero-order chi connectivity index (χ0) is 22.0. The molecule has 1 N–H and O–H groups in total. The van der Waals surface area contributed by atoms with Crippen LogP contribution in [0.4, 0.5) is 13.2 Å². The van der Waals surface area contributed by atoms with Crippen LogP contribution < -0.4 is 0 Å². The monoisotopic (exact) mass is 408 g/mol. The fourth-order valence-electron chi connectivity index (χ4n) is 3.23. The summed E-state index contributed by atoms with van der Waals surface area (Å²) < 4.78 is 43.6. The van der Waals surface area contributed by atoms with Gasteiger partial charge in [0.25, 0.3) is 0 Å². The van der Waals surface area contributed by atoms with Crippen LogP contribution in [0.3, 0.4) is 0 Å². The maximum atomic E-state index is 12.9. The highest BCUT2D eigenvalue weighted by molar-refractivity contribution is 5.79. The molecule has 0 saturated carbocycles. The predicted molar refractivity (Wildman–Crippen MR) is 106 cm³/mol. The zero-order valence-electron chi connectivity index (χ0n) is 17.3. The SMILES string of the molecule is COC(=O)C(C)c1ccc(C(O)CC(C)(C)C)c(-c2ccc(C(F)(F)F)cc2)c1. The molecule has 158 valence electrons. The number of hydrogen-bond acceptors (Lipinski definition) is 3. The number of alkyl halides is 3. The Morgan fingerprint density at radius 3 is 2.14 bits per heavy atom. The minimum Gasteiger partial charge on any atom is -0.469 e. The van der Waals surface area contributed by atoms with Gasteiger partial charge in [0.1, 0.15) is 0 Å². The molecule has 0 aromatic heterocycles. The summed E-state index contributed by atoms with van der Waals surface area (Å²) in [5.74, 6) is -0.951. The first-order valence-corrected chi connectivity index (χ1v) is 9.41. The van der Waals surface area contributed by atoms with Gasteiger partial charge in [-0.3, -0.25) is 4.79 Å². The quantitative estimate of drug-likeness (QED) is 0.607. The van der Waals surface area contributed by atoms with Gasteiger partial charge in [-0.15, -0.1) is 0 Å². The maximum Gasteiger partial charge on any atom is 0.416 e. The Bertz CT molecular complexity index is 849. The van der Waals surface area contributed by atoms with E-state index in [0.717, 1.165) is 12.1 Å². The highest BCUT2D eigenvalue weighted by atomic mass is 19.4. The molecule has 0 radical (unpaired) electrons. The summed E-state index contributed by atoms with van der Waals surface area (Å²) in [5, 5.41) is 10.8. The molecule has 3 nitrogen and oxygen atoms in total. The van der Waals surface area contributed by atoms with Crippen molar-refractivity contribution in [2.45, 2.75) is 52.3 Å². The Morgan fingerprint density at radius 2 is 1.66 bits per heavy atom. The molecule has 2 rings (SSSR count). The summed E-state index contributed by atoms with van der Waals surface area (Å²) >= 11 is 0. The van der Waals surface area contributed by atoms with E-state index in [1.807, 2.05) is 20.8 Å². The van der Waals surface area contributed by atoms with Gasteiger partial charge in [-0.1, -0.05) is 45.0 Å². The lowest BCUT2D eigenvalue weighted by Gasteiger charge is -2.25. The Morgan fingerprint density at radius 1 is 1.07 bits per heavy atom. The van der Waals surface area contributed by atoms with E-state index >= 15 is 0 Å². The molecule has 0 aliphatic rings. The molecule has 29 heavy (non-hydrogen) atoms. The van der Waals surface area contributed by atoms with Gasteiger partial charge in [0.05, 0.1) is 24.7 Å². The van der Waals surface area contributed by atoms with Crippen molar-refractivity contribution in [1.29, 1.82) is 0 Å². The van der Waals surface area contributed by atoms with E-state index in [4.69, 9.17) is 4.74 Å². The van der Waals surface area contributed by atoms with Gasteiger partial charge >= 0.3 is 12.1 Å². The first-order valence-electron chi connectivity index (χ1n) is 9.41. The molecule has 0 aliphatic carbocycles. The van der Waals surface area contributed by atoms with Gasteiger partial charge in [-0.05, 0) is 59.2 Å². The second-order valence-electron chi connectivity index (χ2n) is 8.45. The molecule has 2 aromatic carbocycles. The average Bonchev–Trinajstić information content (AvgIpc) is 2.64. The number of ether oxygens (including phenoxy) is 1. The number of aliphatic hydroxyl groups excluding tert-OH is 1. The van der Waals surface area contributed by atoms with Gasteiger partial charge in [-0.25, -0.2) is 0 Å². The predicted octanol–water partition coefficient (Wildman–Crippen LogP) is 6.12. The highest BCUT2D eigenvalue weighted by Crippen LogP contribution is 2.38. The van der Waals surface area contributed by atoms with Crippen LogP contribution in [-0.2, 0) is 15.7 Å². The van der Waals surface area contributed by atoms with Gasteiger partial charge in [0, 0.05) is 0 Å². The molecule has 0 saturated heterocycles. The minimum atomic E-state index is -4.42. The normalized spacial score (nSPS) is 14.4. The molecular formula is C23H27F3O3. The summed E-state index contributed by atoms with van der Waals surface area (Å²) in [7, 11) is 1.30. The second kappa shape index (κ2) is 8.57. The van der Waals surface area contributed by atoms with Crippen LogP contribution in [0.1, 0.15) is 62.8 Å². The van der Waals surface area contributed by atoms with Crippen molar-refractivity contribution in [3.8, 4) is 11.1 Å². The van der Waals surface area contributed by atoms with Crippen molar-refractivity contribution in [1.82, 2.24) is 0 Å². The van der Waals surface area contributed by atoms with Crippen LogP contribution >= 0.6 is 0 Å². The lowest BCUT2D eigenvalue weighted by Crippen LogP contribution is -2.14. The molecule has 0 heterocycles. The standard InChI is InChI=1S/C23H27F3O3/c1-14(21(28)29-5)16-8-11-18(20(27)13-22(2,3)4)19(12-16)15-6-9-17(10-7-15)23(24,25)26/h6-12,14,20,27H,13H2,1-5H3. The molecule has 0 fully saturated rings. The molecule has 0 aliphatic heterocycles. The van der Waals surface area contributed by atoms with Crippen LogP contribution in [-0.4, -0.2) is 18.2 Å². The van der Waals surface area contributed by atoms with Crippen molar-refractivity contribution in [3.63, 3.8) is 0 Å². The number of esters is 1. The lowest BCUT2D eigenvalue weighted by molar-refractivity contribution is -0.142. The van der Waals surface area contributed by atoms with Crippen LogP contribution in [0.15, 0.2) is 42.5 Å². The fraction of sp³-hybridized carbons (Fsp3) is 0.435. The number of methoxy groups -OCH3 is 1. The molecule has 0 bridgehead atoms. The largest absolute Gasteiger partial charge is 0.469 e. The van der Waals surface area contributed by atoms with E-state index in [0.29, 0.717) is 28.7 Å². The Hall–Kier alpha value is -2.34. The molecule has 2 unspecified atom stereocenters. The van der Waals surface area contributed by atoms with E-state index in [1.165, 1.54) is 19.2 Å². The summed E-state index contributed by atoms with van der Waals surface area (Å²) in [4.78, 5) is 11.9. The van der Waals surface area contributed by atoms with Crippen LogP contribution in [0.25, 0.3) is 11.1 Å². The molecule has 0 amide bonds. The number of benzene rings is 2. The summed E-state index contributed by atoms with van der Waals surface area (Å²) in [6.45, 7) is 7.70. The fourth-order valence-corrected chi connectivity index (χ4v) is 3.23. The van der Waals surface area contributed by atoms with Gasteiger partial charge < -0.3 is 9.84 Å². The first-order chi connectivity index (χ1) is 13.3. The molecule has 0 spiro atoms. The van der Waals surface area contributed by atoms with Gasteiger partial charge in [-0.2, -0.15) is 13.2 Å². The third kappa shape index (κ3) is 5.82. The van der Waals surface area contributed by atoms with E-state index in [1.54, 1.807) is 25.1 Å². The van der Waals surface area contributed by atoms with Crippen molar-refractivity contribution in [2.24, 2.45) is 5.41 Å². The van der Waals surface area contributed by atoms with Gasteiger partial charge in [0.15, 0.2) is 0 Å². The first kappa shape index (κ1) is 22.9. The molecule has 2 aromatic rings. The summed E-state index contributed by atoms with van der Waals surface area (Å²) in [6, 6.07) is 10.0. The molecule has 2 atom stereocenters. The smallest absolute Gasteiger partial charge is 0.416 e. The number of halogens is 3. The zero-order valence-corrected chi connectivity index (χ0v) is 17.3. The number of aliphatic hydroxyl groups is 1. The van der Waals surface area contributed by atoms with Crippen LogP contribution in [0.2, 0.25) is 0 Å². The third-order valence-electron chi connectivity index (χ3n) is 4.82. The third-order valence-corrected chi connectivity index (χ3v) is 4.82. The molecular weight excluding hydrogens is 381 g/mol. The summed E-state index contributed by atoms with van der Waals surface area (Å²) in [5.41, 5.74) is 1.54. The highest BCUT2D eigenvalue weighted by Gasteiger charge is 2.30. The Kier molecular flexibility index (Phi) is 6.78. The van der Waals surface area contributed by atoms with Crippen molar-refractivity contribution < 1.29 is 27.8 Å². The van der Waals surface area contributed by atoms with E-state index in [-0.39, 0.29) is 5.41 Å². The lowest BCUT2D eigenvalue weighted by atomic mass is 9.83. The maximum absolute atomic E-state index is 12.9. The molecule has 6 heteroatoms.